The van der Waals surface area contributed by atoms with Crippen molar-refractivity contribution >= 4 is 11.7 Å². The van der Waals surface area contributed by atoms with Gasteiger partial charge in [-0.15, -0.1) is 0 Å². The molecule has 0 saturated carbocycles. The first-order valence-electron chi connectivity index (χ1n) is 4.72. The van der Waals surface area contributed by atoms with Crippen LogP contribution in [0.5, 0.6) is 0 Å². The second kappa shape index (κ2) is 4.65. The number of carboxylic acids is 1. The zero-order valence-corrected chi connectivity index (χ0v) is 8.45. The molecule has 2 N–H and O–H groups in total. The monoisotopic (exact) mass is 193 g/mol. The zero-order valence-electron chi connectivity index (χ0n) is 8.45. The molecule has 14 heavy (non-hydrogen) atoms. The molecule has 1 unspecified atom stereocenters. The number of hydrogen-bond donors (Lipinski definition) is 2. The molecule has 3 heteroatoms. The van der Waals surface area contributed by atoms with Crippen LogP contribution in [0.4, 0.5) is 5.69 Å². The van der Waals surface area contributed by atoms with Gasteiger partial charge in [0.05, 0.1) is 0 Å². The molecule has 0 aliphatic rings. The maximum Gasteiger partial charge on any atom is 0.325 e. The lowest BCUT2D eigenvalue weighted by Gasteiger charge is -2.13. The quantitative estimate of drug-likeness (QED) is 0.770. The summed E-state index contributed by atoms with van der Waals surface area (Å²) >= 11 is 0. The van der Waals surface area contributed by atoms with Crippen molar-refractivity contribution in [1.82, 2.24) is 0 Å². The Morgan fingerprint density at radius 3 is 2.71 bits per heavy atom. The third kappa shape index (κ3) is 2.49. The lowest BCUT2D eigenvalue weighted by molar-refractivity contribution is -0.137. The van der Waals surface area contributed by atoms with Crippen LogP contribution in [0, 0.1) is 0 Å². The van der Waals surface area contributed by atoms with Crippen LogP contribution in [-0.2, 0) is 11.2 Å². The van der Waals surface area contributed by atoms with E-state index >= 15 is 0 Å². The van der Waals surface area contributed by atoms with E-state index < -0.39 is 12.0 Å². The van der Waals surface area contributed by atoms with E-state index in [4.69, 9.17) is 5.11 Å². The predicted molar refractivity (Wildman–Crippen MR) is 56.5 cm³/mol. The van der Waals surface area contributed by atoms with Crippen molar-refractivity contribution in [2.24, 2.45) is 0 Å². The maximum absolute atomic E-state index is 10.6. The summed E-state index contributed by atoms with van der Waals surface area (Å²) in [4.78, 5) is 10.6. The van der Waals surface area contributed by atoms with Crippen molar-refractivity contribution in [3.8, 4) is 0 Å². The second-order valence-corrected chi connectivity index (χ2v) is 3.21. The average molecular weight is 193 g/mol. The number of rotatable bonds is 4. The fourth-order valence-corrected chi connectivity index (χ4v) is 1.26. The molecule has 0 radical (unpaired) electrons. The van der Waals surface area contributed by atoms with Crippen LogP contribution in [0.3, 0.4) is 0 Å². The third-order valence-electron chi connectivity index (χ3n) is 2.14. The molecule has 0 spiro atoms. The van der Waals surface area contributed by atoms with Gasteiger partial charge < -0.3 is 10.4 Å². The Morgan fingerprint density at radius 1 is 1.50 bits per heavy atom. The molecule has 0 aliphatic heterocycles. The first kappa shape index (κ1) is 10.6. The standard InChI is InChI=1S/C11H15NO2/c1-3-9-6-4-5-7-10(9)12-8(2)11(13)14/h4-8,12H,3H2,1-2H3,(H,13,14). The van der Waals surface area contributed by atoms with Crippen LogP contribution >= 0.6 is 0 Å². The normalized spacial score (nSPS) is 12.1. The number of benzene rings is 1. The Balaban J connectivity index is 2.80. The van der Waals surface area contributed by atoms with Gasteiger partial charge in [-0.2, -0.15) is 0 Å². The highest BCUT2D eigenvalue weighted by atomic mass is 16.4. The Labute approximate surface area is 83.8 Å². The molecule has 76 valence electrons. The Kier molecular flexibility index (Phi) is 3.51. The minimum absolute atomic E-state index is 0.553. The summed E-state index contributed by atoms with van der Waals surface area (Å²) in [5.74, 6) is -0.837. The molecule has 0 saturated heterocycles. The molecule has 0 fully saturated rings. The minimum Gasteiger partial charge on any atom is -0.480 e. The molecular weight excluding hydrogens is 178 g/mol. The molecule has 0 heterocycles. The number of carboxylic acid groups (broad SMARTS) is 1. The van der Waals surface area contributed by atoms with E-state index in [0.29, 0.717) is 0 Å². The Bertz CT molecular complexity index is 323. The van der Waals surface area contributed by atoms with Crippen LogP contribution < -0.4 is 5.32 Å². The first-order chi connectivity index (χ1) is 6.65. The van der Waals surface area contributed by atoms with Crippen LogP contribution in [0.1, 0.15) is 19.4 Å². The molecule has 1 rings (SSSR count). The molecule has 0 aliphatic carbocycles. The number of aliphatic carboxylic acids is 1. The molecule has 1 atom stereocenters. The first-order valence-corrected chi connectivity index (χ1v) is 4.72. The van der Waals surface area contributed by atoms with E-state index in [0.717, 1.165) is 17.7 Å². The fourth-order valence-electron chi connectivity index (χ4n) is 1.26. The summed E-state index contributed by atoms with van der Waals surface area (Å²) in [6.45, 7) is 3.68. The van der Waals surface area contributed by atoms with Crippen LogP contribution in [0.25, 0.3) is 0 Å². The summed E-state index contributed by atoms with van der Waals surface area (Å²) in [6, 6.07) is 7.20. The number of nitrogens with one attached hydrogen (secondary N) is 1. The largest absolute Gasteiger partial charge is 0.480 e. The van der Waals surface area contributed by atoms with E-state index in [9.17, 15) is 4.79 Å². The van der Waals surface area contributed by atoms with E-state index in [-0.39, 0.29) is 0 Å². The molecule has 1 aromatic carbocycles. The topological polar surface area (TPSA) is 49.3 Å². The van der Waals surface area contributed by atoms with Crippen molar-refractivity contribution < 1.29 is 9.90 Å². The smallest absolute Gasteiger partial charge is 0.325 e. The summed E-state index contributed by atoms with van der Waals surface area (Å²) in [5, 5.41) is 11.7. The van der Waals surface area contributed by atoms with Gasteiger partial charge in [-0.05, 0) is 25.0 Å². The number of carbonyl (C=O) groups is 1. The van der Waals surface area contributed by atoms with E-state index in [1.54, 1.807) is 6.92 Å². The highest BCUT2D eigenvalue weighted by Crippen LogP contribution is 2.16. The van der Waals surface area contributed by atoms with Gasteiger partial charge in [-0.3, -0.25) is 4.79 Å². The van der Waals surface area contributed by atoms with Crippen molar-refractivity contribution in [1.29, 1.82) is 0 Å². The molecule has 0 bridgehead atoms. The Hall–Kier alpha value is -1.51. The molecular formula is C11H15NO2. The van der Waals surface area contributed by atoms with E-state index in [1.807, 2.05) is 31.2 Å². The molecule has 0 aromatic heterocycles. The number of para-hydroxylation sites is 1. The highest BCUT2D eigenvalue weighted by molar-refractivity contribution is 5.77. The van der Waals surface area contributed by atoms with E-state index in [1.165, 1.54) is 0 Å². The lowest BCUT2D eigenvalue weighted by Crippen LogP contribution is -2.25. The molecule has 0 amide bonds. The second-order valence-electron chi connectivity index (χ2n) is 3.21. The number of aryl methyl sites for hydroxylation is 1. The van der Waals surface area contributed by atoms with Crippen LogP contribution in [0.15, 0.2) is 24.3 Å². The van der Waals surface area contributed by atoms with Gasteiger partial charge in [0.25, 0.3) is 0 Å². The molecule has 1 aromatic rings. The maximum atomic E-state index is 10.6. The van der Waals surface area contributed by atoms with Crippen molar-refractivity contribution in [2.45, 2.75) is 26.3 Å². The van der Waals surface area contributed by atoms with Gasteiger partial charge in [-0.25, -0.2) is 0 Å². The summed E-state index contributed by atoms with van der Waals surface area (Å²) in [7, 11) is 0. The molecule has 3 nitrogen and oxygen atoms in total. The highest BCUT2D eigenvalue weighted by Gasteiger charge is 2.11. The van der Waals surface area contributed by atoms with Crippen molar-refractivity contribution in [3.63, 3.8) is 0 Å². The fraction of sp³-hybridized carbons (Fsp3) is 0.364. The average Bonchev–Trinajstić information content (AvgIpc) is 2.18. The van der Waals surface area contributed by atoms with Crippen molar-refractivity contribution in [2.75, 3.05) is 5.32 Å². The van der Waals surface area contributed by atoms with E-state index in [2.05, 4.69) is 5.32 Å². The van der Waals surface area contributed by atoms with Gasteiger partial charge >= 0.3 is 5.97 Å². The third-order valence-corrected chi connectivity index (χ3v) is 2.14. The Morgan fingerprint density at radius 2 is 2.14 bits per heavy atom. The lowest BCUT2D eigenvalue weighted by atomic mass is 10.1. The van der Waals surface area contributed by atoms with Gasteiger partial charge in [0.15, 0.2) is 0 Å². The van der Waals surface area contributed by atoms with Crippen LogP contribution in [-0.4, -0.2) is 17.1 Å². The van der Waals surface area contributed by atoms with Crippen molar-refractivity contribution in [3.05, 3.63) is 29.8 Å². The van der Waals surface area contributed by atoms with Gasteiger partial charge in [0, 0.05) is 5.69 Å². The summed E-state index contributed by atoms with van der Waals surface area (Å²) < 4.78 is 0. The van der Waals surface area contributed by atoms with Gasteiger partial charge in [0.1, 0.15) is 6.04 Å². The zero-order chi connectivity index (χ0) is 10.6. The van der Waals surface area contributed by atoms with Gasteiger partial charge in [0.2, 0.25) is 0 Å². The minimum atomic E-state index is -0.837. The predicted octanol–water partition coefficient (Wildman–Crippen LogP) is 2.13. The number of anilines is 1. The van der Waals surface area contributed by atoms with Gasteiger partial charge in [-0.1, -0.05) is 25.1 Å². The number of hydrogen-bond acceptors (Lipinski definition) is 2. The SMILES string of the molecule is CCc1ccccc1NC(C)C(=O)O. The van der Waals surface area contributed by atoms with Crippen LogP contribution in [0.2, 0.25) is 0 Å². The summed E-state index contributed by atoms with van der Waals surface area (Å²) in [6.07, 6.45) is 0.898. The summed E-state index contributed by atoms with van der Waals surface area (Å²) in [5.41, 5.74) is 2.05.